The highest BCUT2D eigenvalue weighted by molar-refractivity contribution is 6.01. The van der Waals surface area contributed by atoms with Crippen molar-refractivity contribution in [2.75, 3.05) is 56.9 Å². The Balaban J connectivity index is 0.943. The number of nitrogens with two attached hydrogens (primary N) is 3. The molecule has 0 aliphatic rings. The number of H-pyrrole nitrogens is 3. The zero-order valence-electron chi connectivity index (χ0n) is 54.4. The van der Waals surface area contributed by atoms with Gasteiger partial charge in [0.05, 0.1) is 40.6 Å². The maximum atomic E-state index is 14.2. The van der Waals surface area contributed by atoms with E-state index in [9.17, 15) is 28.8 Å². The lowest BCUT2D eigenvalue weighted by Crippen LogP contribution is -2.44. The van der Waals surface area contributed by atoms with Crippen LogP contribution in [-0.2, 0) is 48.0 Å². The number of methoxy groups -OCH3 is 3. The number of amides is 6. The van der Waals surface area contributed by atoms with Gasteiger partial charge in [-0.3, -0.25) is 28.8 Å². The summed E-state index contributed by atoms with van der Waals surface area (Å²) in [4.78, 5) is 94.0. The van der Waals surface area contributed by atoms with Gasteiger partial charge in [-0.2, -0.15) is 0 Å². The van der Waals surface area contributed by atoms with E-state index >= 15 is 0 Å². The van der Waals surface area contributed by atoms with E-state index in [0.29, 0.717) is 112 Å². The fraction of sp³-hybridized carbons (Fsp3) is 0.342. The minimum Gasteiger partial charge on any atom is -0.497 e. The van der Waals surface area contributed by atoms with E-state index in [2.05, 4.69) is 46.9 Å². The Morgan fingerprint density at radius 2 is 0.649 bits per heavy atom. The number of carbonyl (C=O) groups is 6. The quantitative estimate of drug-likeness (QED) is 0.0135. The second kappa shape index (κ2) is 32.5. The summed E-state index contributed by atoms with van der Waals surface area (Å²) >= 11 is 0. The molecular formula is C73H88N12O9. The van der Waals surface area contributed by atoms with Crippen LogP contribution in [-0.4, -0.2) is 109 Å². The highest BCUT2D eigenvalue weighted by Crippen LogP contribution is 2.35. The minimum absolute atomic E-state index is 0.0475. The third-order valence-corrected chi connectivity index (χ3v) is 17.3. The predicted octanol–water partition coefficient (Wildman–Crippen LogP) is 9.65. The summed E-state index contributed by atoms with van der Waals surface area (Å²) in [6.07, 6.45) is 5.14. The van der Waals surface area contributed by atoms with Crippen molar-refractivity contribution in [1.29, 1.82) is 0 Å². The summed E-state index contributed by atoms with van der Waals surface area (Å²) in [6.45, 7) is 7.07. The van der Waals surface area contributed by atoms with Gasteiger partial charge in [-0.15, -0.1) is 0 Å². The van der Waals surface area contributed by atoms with Crippen molar-refractivity contribution in [1.82, 2.24) is 30.9 Å². The molecule has 94 heavy (non-hydrogen) atoms. The number of ether oxygens (including phenoxy) is 3. The smallest absolute Gasteiger partial charge is 0.246 e. The standard InChI is InChI=1S/C73H88N12O9/c1-43-55(58-37-52(92-4)28-31-61(58)77-43)40-67(86)83-64(13-7-10-34-74)71(89)80-49-22-16-46(17-23-49)70(47-18-24-50(25-19-47)81-72(90)65(14-8-11-35-75)84-68(87)41-56-44(2)78-62-32-29-53(93-5)38-59(56)62)48-20-26-51(27-21-48)82-73(91)66(15-9-12-36-76)85-69(88)42-57-45(3)79-63-33-30-54(94-6)39-60(57)63/h16-33,37-39,64-66,70,77-79H,7-15,34-36,40-42,74-76H2,1-6H3,(H,80,89)(H,81,90)(H,82,91)(H,83,86)(H,84,87)(H,85,88)/t64-,65-,66-/m1/s1. The highest BCUT2D eigenvalue weighted by atomic mass is 16.5. The summed E-state index contributed by atoms with van der Waals surface area (Å²) in [5.74, 6) is -0.450. The lowest BCUT2D eigenvalue weighted by molar-refractivity contribution is -0.126. The van der Waals surface area contributed by atoms with Crippen LogP contribution in [0, 0.1) is 20.8 Å². The first kappa shape index (κ1) is 68.4. The van der Waals surface area contributed by atoms with E-state index in [0.717, 1.165) is 83.2 Å². The van der Waals surface area contributed by atoms with Crippen molar-refractivity contribution < 1.29 is 43.0 Å². The van der Waals surface area contributed by atoms with Crippen LogP contribution in [0.25, 0.3) is 32.7 Å². The maximum absolute atomic E-state index is 14.2. The second-order valence-corrected chi connectivity index (χ2v) is 23.9. The van der Waals surface area contributed by atoms with Gasteiger partial charge in [-0.1, -0.05) is 36.4 Å². The van der Waals surface area contributed by atoms with Gasteiger partial charge in [0, 0.05) is 72.8 Å². The number of aromatic amines is 3. The Bertz CT molecular complexity index is 3680. The van der Waals surface area contributed by atoms with Crippen molar-refractivity contribution in [3.05, 3.63) is 178 Å². The molecule has 0 aliphatic carbocycles. The van der Waals surface area contributed by atoms with E-state index in [1.54, 1.807) is 21.3 Å². The number of carbonyl (C=O) groups excluding carboxylic acids is 6. The molecule has 0 saturated carbocycles. The van der Waals surface area contributed by atoms with Gasteiger partial charge in [0.2, 0.25) is 35.4 Å². The van der Waals surface area contributed by atoms with Crippen LogP contribution in [0.15, 0.2) is 127 Å². The van der Waals surface area contributed by atoms with Gasteiger partial charge in [-0.05, 0) is 223 Å². The van der Waals surface area contributed by atoms with Crippen LogP contribution in [0.3, 0.4) is 0 Å². The molecular weight excluding hydrogens is 1190 g/mol. The van der Waals surface area contributed by atoms with Gasteiger partial charge in [0.15, 0.2) is 0 Å². The van der Waals surface area contributed by atoms with Gasteiger partial charge in [-0.25, -0.2) is 0 Å². The zero-order chi connectivity index (χ0) is 66.8. The molecule has 6 amide bonds. The van der Waals surface area contributed by atoms with Crippen LogP contribution in [0.4, 0.5) is 17.1 Å². The molecule has 0 aliphatic heterocycles. The fourth-order valence-corrected chi connectivity index (χ4v) is 12.2. The topological polar surface area (TPSA) is 328 Å². The lowest BCUT2D eigenvalue weighted by Gasteiger charge is -2.22. The van der Waals surface area contributed by atoms with Crippen LogP contribution >= 0.6 is 0 Å². The Hall–Kier alpha value is -9.96. The molecule has 3 atom stereocenters. The number of hydrogen-bond donors (Lipinski definition) is 12. The number of anilines is 3. The van der Waals surface area contributed by atoms with Gasteiger partial charge >= 0.3 is 0 Å². The van der Waals surface area contributed by atoms with E-state index in [-0.39, 0.29) is 54.7 Å². The number of aryl methyl sites for hydroxylation is 3. The Morgan fingerprint density at radius 1 is 0.383 bits per heavy atom. The first-order chi connectivity index (χ1) is 45.5. The molecule has 3 aromatic heterocycles. The molecule has 494 valence electrons. The number of nitrogens with one attached hydrogen (secondary N) is 9. The minimum atomic E-state index is -0.848. The van der Waals surface area contributed by atoms with Gasteiger partial charge in [0.25, 0.3) is 0 Å². The van der Waals surface area contributed by atoms with Crippen LogP contribution in [0.5, 0.6) is 17.2 Å². The third-order valence-electron chi connectivity index (χ3n) is 17.3. The summed E-state index contributed by atoms with van der Waals surface area (Å²) in [5.41, 5.74) is 29.3. The fourth-order valence-electron chi connectivity index (χ4n) is 12.2. The molecule has 0 spiro atoms. The third kappa shape index (κ3) is 17.4. The molecule has 0 radical (unpaired) electrons. The molecule has 0 saturated heterocycles. The number of hydrogen-bond acceptors (Lipinski definition) is 12. The number of rotatable bonds is 33. The number of aromatic nitrogens is 3. The highest BCUT2D eigenvalue weighted by Gasteiger charge is 2.27. The molecule has 9 aromatic rings. The molecule has 21 nitrogen and oxygen atoms in total. The Labute approximate surface area is 547 Å². The number of unbranched alkanes of at least 4 members (excludes halogenated alkanes) is 3. The molecule has 3 heterocycles. The Morgan fingerprint density at radius 3 is 0.894 bits per heavy atom. The van der Waals surface area contributed by atoms with E-state index in [1.807, 2.05) is 148 Å². The van der Waals surface area contributed by atoms with E-state index < -0.39 is 24.0 Å². The monoisotopic (exact) mass is 1280 g/mol. The molecule has 0 unspecified atom stereocenters. The van der Waals surface area contributed by atoms with Gasteiger partial charge in [0.1, 0.15) is 35.4 Å². The molecule has 9 rings (SSSR count). The van der Waals surface area contributed by atoms with Crippen LogP contribution < -0.4 is 63.3 Å². The lowest BCUT2D eigenvalue weighted by atomic mass is 9.85. The van der Waals surface area contributed by atoms with Crippen molar-refractivity contribution in [3.8, 4) is 17.2 Å². The Kier molecular flexibility index (Phi) is 23.7. The molecule has 21 heteroatoms. The predicted molar refractivity (Wildman–Crippen MR) is 371 cm³/mol. The van der Waals surface area contributed by atoms with Crippen molar-refractivity contribution in [3.63, 3.8) is 0 Å². The van der Waals surface area contributed by atoms with Gasteiger partial charge < -0.3 is 78.3 Å². The molecule has 15 N–H and O–H groups in total. The first-order valence-corrected chi connectivity index (χ1v) is 32.2. The largest absolute Gasteiger partial charge is 0.497 e. The molecule has 0 fully saturated rings. The summed E-state index contributed by atoms with van der Waals surface area (Å²) in [5, 5.41) is 20.7. The maximum Gasteiger partial charge on any atom is 0.246 e. The normalized spacial score (nSPS) is 12.3. The zero-order valence-corrected chi connectivity index (χ0v) is 54.4. The van der Waals surface area contributed by atoms with Crippen LogP contribution in [0.2, 0.25) is 0 Å². The second-order valence-electron chi connectivity index (χ2n) is 23.9. The molecule has 0 bridgehead atoms. The number of benzene rings is 6. The van der Waals surface area contributed by atoms with Crippen LogP contribution in [0.1, 0.15) is 114 Å². The van der Waals surface area contributed by atoms with E-state index in [1.165, 1.54) is 0 Å². The molecule has 6 aromatic carbocycles. The number of fused-ring (bicyclic) bond motifs is 3. The van der Waals surface area contributed by atoms with Crippen molar-refractivity contribution in [2.24, 2.45) is 17.2 Å². The van der Waals surface area contributed by atoms with Crippen molar-refractivity contribution in [2.45, 2.75) is 122 Å². The van der Waals surface area contributed by atoms with E-state index in [4.69, 9.17) is 31.4 Å². The average molecular weight is 1280 g/mol. The van der Waals surface area contributed by atoms with Crippen molar-refractivity contribution >= 4 is 85.2 Å². The first-order valence-electron chi connectivity index (χ1n) is 32.2. The summed E-state index contributed by atoms with van der Waals surface area (Å²) in [6, 6.07) is 36.9. The SMILES string of the molecule is COc1ccc2[nH]c(C)c(CC(=O)N[C@H](CCCCN)C(=O)Nc3ccc(C(c4ccc(NC(=O)[C@@H](CCCCN)NC(=O)Cc5c(C)[nH]c6ccc(OC)cc56)cc4)c4ccc(NC(=O)[C@@H](CCCCN)NC(=O)Cc5c(C)[nH]c6ccc(OC)cc56)cc4)cc3)c2c1. The summed E-state index contributed by atoms with van der Waals surface area (Å²) < 4.78 is 16.4. The average Bonchev–Trinajstić information content (AvgIpc) is 1.53. The summed E-state index contributed by atoms with van der Waals surface area (Å²) in [7, 11) is 4.78.